The Morgan fingerprint density at radius 1 is 1.12 bits per heavy atom. The minimum absolute atomic E-state index is 0.295. The summed E-state index contributed by atoms with van der Waals surface area (Å²) in [5, 5.41) is 1.96. The van der Waals surface area contributed by atoms with Crippen molar-refractivity contribution < 1.29 is 4.42 Å². The largest absolute Gasteiger partial charge is 0.422 e. The molecule has 16 heavy (non-hydrogen) atoms. The van der Waals surface area contributed by atoms with Crippen LogP contribution in [-0.2, 0) is 0 Å². The molecule has 0 radical (unpaired) electrons. The van der Waals surface area contributed by atoms with E-state index in [0.29, 0.717) is 5.58 Å². The van der Waals surface area contributed by atoms with E-state index in [1.54, 1.807) is 0 Å². The van der Waals surface area contributed by atoms with Crippen LogP contribution in [0.5, 0.6) is 0 Å². The van der Waals surface area contributed by atoms with Gasteiger partial charge in [0.2, 0.25) is 0 Å². The number of fused-ring (bicyclic) bond motifs is 3. The van der Waals surface area contributed by atoms with Crippen LogP contribution in [0.2, 0.25) is 0 Å². The number of H-pyrrole nitrogens is 1. The van der Waals surface area contributed by atoms with Gasteiger partial charge in [0.1, 0.15) is 5.58 Å². The Balaban J connectivity index is 2.63. The molecule has 0 unspecified atom stereocenters. The lowest BCUT2D eigenvalue weighted by Gasteiger charge is -2.00. The highest BCUT2D eigenvalue weighted by Gasteiger charge is 2.07. The molecule has 1 aromatic carbocycles. The highest BCUT2D eigenvalue weighted by molar-refractivity contribution is 6.04. The van der Waals surface area contributed by atoms with Crippen LogP contribution in [0.1, 0.15) is 11.3 Å². The fourth-order valence-electron chi connectivity index (χ4n) is 2.12. The molecule has 3 nitrogen and oxygen atoms in total. The summed E-state index contributed by atoms with van der Waals surface area (Å²) in [6.45, 7) is 3.91. The van der Waals surface area contributed by atoms with Gasteiger partial charge in [0.25, 0.3) is 0 Å². The van der Waals surface area contributed by atoms with Crippen LogP contribution in [0, 0.1) is 13.8 Å². The lowest BCUT2D eigenvalue weighted by molar-refractivity contribution is 0.563. The summed E-state index contributed by atoms with van der Waals surface area (Å²) in [7, 11) is 0. The molecule has 0 atom stereocenters. The van der Waals surface area contributed by atoms with E-state index in [1.165, 1.54) is 6.07 Å². The summed E-state index contributed by atoms with van der Waals surface area (Å²) < 4.78 is 5.29. The fourth-order valence-corrected chi connectivity index (χ4v) is 2.12. The molecule has 3 heteroatoms. The topological polar surface area (TPSA) is 46.0 Å². The first-order chi connectivity index (χ1) is 7.65. The SMILES string of the molecule is Cc1cc2c(ccc3c(C)cc(=O)oc32)[nH]1. The quantitative estimate of drug-likeness (QED) is 0.583. The van der Waals surface area contributed by atoms with Crippen LogP contribution in [0.15, 0.2) is 33.5 Å². The number of aromatic nitrogens is 1. The Kier molecular flexibility index (Phi) is 1.72. The van der Waals surface area contributed by atoms with Crippen molar-refractivity contribution in [1.29, 1.82) is 0 Å². The molecular formula is C13H11NO2. The van der Waals surface area contributed by atoms with Gasteiger partial charge in [0, 0.05) is 28.0 Å². The normalized spacial score (nSPS) is 11.4. The molecule has 0 saturated carbocycles. The first-order valence-electron chi connectivity index (χ1n) is 5.18. The molecule has 0 aliphatic rings. The maximum atomic E-state index is 11.4. The number of benzene rings is 1. The van der Waals surface area contributed by atoms with Crippen molar-refractivity contribution >= 4 is 21.9 Å². The minimum atomic E-state index is -0.295. The van der Waals surface area contributed by atoms with Gasteiger partial charge in [0.05, 0.1) is 0 Å². The van der Waals surface area contributed by atoms with E-state index in [4.69, 9.17) is 4.42 Å². The molecule has 3 rings (SSSR count). The van der Waals surface area contributed by atoms with Gasteiger partial charge in [-0.25, -0.2) is 4.79 Å². The van der Waals surface area contributed by atoms with Gasteiger partial charge < -0.3 is 9.40 Å². The second-order valence-electron chi connectivity index (χ2n) is 4.10. The second kappa shape index (κ2) is 2.98. The molecule has 0 spiro atoms. The van der Waals surface area contributed by atoms with Crippen molar-refractivity contribution in [2.24, 2.45) is 0 Å². The summed E-state index contributed by atoms with van der Waals surface area (Å²) in [6.07, 6.45) is 0. The lowest BCUT2D eigenvalue weighted by atomic mass is 10.1. The Morgan fingerprint density at radius 2 is 1.94 bits per heavy atom. The number of hydrogen-bond acceptors (Lipinski definition) is 2. The Labute approximate surface area is 91.7 Å². The summed E-state index contributed by atoms with van der Waals surface area (Å²) in [5.74, 6) is 0. The highest BCUT2D eigenvalue weighted by atomic mass is 16.4. The van der Waals surface area contributed by atoms with E-state index >= 15 is 0 Å². The maximum Gasteiger partial charge on any atom is 0.336 e. The zero-order valence-electron chi connectivity index (χ0n) is 9.13. The standard InChI is InChI=1S/C13H11NO2/c1-7-5-12(15)16-13-9(7)3-4-11-10(13)6-8(2)14-11/h3-6,14H,1-2H3. The van der Waals surface area contributed by atoms with E-state index in [-0.39, 0.29) is 5.63 Å². The third-order valence-electron chi connectivity index (χ3n) is 2.85. The third-order valence-corrected chi connectivity index (χ3v) is 2.85. The van der Waals surface area contributed by atoms with Gasteiger partial charge in [-0.05, 0) is 37.6 Å². The molecule has 2 aromatic heterocycles. The first kappa shape index (κ1) is 9.21. The Morgan fingerprint density at radius 3 is 2.75 bits per heavy atom. The van der Waals surface area contributed by atoms with Gasteiger partial charge in [-0.1, -0.05) is 0 Å². The summed E-state index contributed by atoms with van der Waals surface area (Å²) in [4.78, 5) is 14.6. The van der Waals surface area contributed by atoms with Crippen molar-refractivity contribution in [1.82, 2.24) is 4.98 Å². The molecule has 2 heterocycles. The van der Waals surface area contributed by atoms with Crippen molar-refractivity contribution in [2.75, 3.05) is 0 Å². The number of rotatable bonds is 0. The van der Waals surface area contributed by atoms with E-state index in [2.05, 4.69) is 4.98 Å². The first-order valence-corrected chi connectivity index (χ1v) is 5.18. The molecule has 0 amide bonds. The zero-order chi connectivity index (χ0) is 11.3. The van der Waals surface area contributed by atoms with E-state index in [9.17, 15) is 4.79 Å². The molecule has 0 aliphatic heterocycles. The van der Waals surface area contributed by atoms with Gasteiger partial charge >= 0.3 is 5.63 Å². The third kappa shape index (κ3) is 1.18. The monoisotopic (exact) mass is 213 g/mol. The minimum Gasteiger partial charge on any atom is -0.422 e. The molecule has 0 saturated heterocycles. The maximum absolute atomic E-state index is 11.4. The number of hydrogen-bond donors (Lipinski definition) is 1. The van der Waals surface area contributed by atoms with Crippen LogP contribution >= 0.6 is 0 Å². The summed E-state index contributed by atoms with van der Waals surface area (Å²) in [5.41, 5.74) is 3.39. The molecular weight excluding hydrogens is 202 g/mol. The zero-order valence-corrected chi connectivity index (χ0v) is 9.13. The van der Waals surface area contributed by atoms with Crippen LogP contribution in [-0.4, -0.2) is 4.98 Å². The Hall–Kier alpha value is -2.03. The predicted octanol–water partition coefficient (Wildman–Crippen LogP) is 2.89. The van der Waals surface area contributed by atoms with Crippen molar-refractivity contribution in [2.45, 2.75) is 13.8 Å². The molecule has 0 fully saturated rings. The second-order valence-corrected chi connectivity index (χ2v) is 4.10. The average molecular weight is 213 g/mol. The average Bonchev–Trinajstić information content (AvgIpc) is 2.58. The predicted molar refractivity (Wildman–Crippen MR) is 63.8 cm³/mol. The molecule has 3 aromatic rings. The van der Waals surface area contributed by atoms with Crippen molar-refractivity contribution in [3.05, 3.63) is 45.9 Å². The highest BCUT2D eigenvalue weighted by Crippen LogP contribution is 2.26. The van der Waals surface area contributed by atoms with Crippen LogP contribution in [0.4, 0.5) is 0 Å². The smallest absolute Gasteiger partial charge is 0.336 e. The lowest BCUT2D eigenvalue weighted by Crippen LogP contribution is -1.97. The van der Waals surface area contributed by atoms with E-state index in [0.717, 1.165) is 27.5 Å². The van der Waals surface area contributed by atoms with Gasteiger partial charge in [-0.3, -0.25) is 0 Å². The van der Waals surface area contributed by atoms with Gasteiger partial charge in [-0.2, -0.15) is 0 Å². The fraction of sp³-hybridized carbons (Fsp3) is 0.154. The number of aryl methyl sites for hydroxylation is 2. The molecule has 1 N–H and O–H groups in total. The van der Waals surface area contributed by atoms with Crippen molar-refractivity contribution in [3.63, 3.8) is 0 Å². The molecule has 0 aliphatic carbocycles. The van der Waals surface area contributed by atoms with Crippen molar-refractivity contribution in [3.8, 4) is 0 Å². The molecule has 80 valence electrons. The van der Waals surface area contributed by atoms with Crippen LogP contribution < -0.4 is 5.63 Å². The van der Waals surface area contributed by atoms with Gasteiger partial charge in [0.15, 0.2) is 0 Å². The van der Waals surface area contributed by atoms with E-state index < -0.39 is 0 Å². The summed E-state index contributed by atoms with van der Waals surface area (Å²) in [6, 6.07) is 7.51. The van der Waals surface area contributed by atoms with Gasteiger partial charge in [-0.15, -0.1) is 0 Å². The summed E-state index contributed by atoms with van der Waals surface area (Å²) >= 11 is 0. The van der Waals surface area contributed by atoms with Crippen LogP contribution in [0.3, 0.4) is 0 Å². The number of aromatic amines is 1. The number of nitrogens with one attached hydrogen (secondary N) is 1. The Bertz CT molecular complexity index is 750. The van der Waals surface area contributed by atoms with Crippen LogP contribution in [0.25, 0.3) is 21.9 Å². The van der Waals surface area contributed by atoms with E-state index in [1.807, 2.05) is 32.0 Å². The molecule has 0 bridgehead atoms.